The topological polar surface area (TPSA) is 96.7 Å². The second-order valence-electron chi connectivity index (χ2n) is 6.56. The Labute approximate surface area is 157 Å². The Kier molecular flexibility index (Phi) is 5.12. The molecule has 1 aromatic carbocycles. The Bertz CT molecular complexity index is 824. The molecule has 142 valence electrons. The lowest BCUT2D eigenvalue weighted by Gasteiger charge is -2.26. The Balaban J connectivity index is 1.55. The molecule has 0 aliphatic carbocycles. The number of anilines is 3. The number of ether oxygens (including phenoxy) is 1. The van der Waals surface area contributed by atoms with Crippen molar-refractivity contribution in [2.45, 2.75) is 6.42 Å². The van der Waals surface area contributed by atoms with Crippen molar-refractivity contribution in [3.05, 3.63) is 46.3 Å². The second kappa shape index (κ2) is 7.85. The van der Waals surface area contributed by atoms with Crippen molar-refractivity contribution in [3.63, 3.8) is 0 Å². The van der Waals surface area contributed by atoms with Crippen LogP contribution in [0.2, 0.25) is 0 Å². The Morgan fingerprint density at radius 3 is 2.81 bits per heavy atom. The molecule has 0 saturated carbocycles. The van der Waals surface area contributed by atoms with Gasteiger partial charge in [0.15, 0.2) is 0 Å². The fraction of sp³-hybridized carbons (Fsp3) is 0.444. The first kappa shape index (κ1) is 17.6. The van der Waals surface area contributed by atoms with E-state index < -0.39 is 4.92 Å². The summed E-state index contributed by atoms with van der Waals surface area (Å²) in [5, 5.41) is 14.9. The lowest BCUT2D eigenvalue weighted by atomic mass is 10.2. The highest BCUT2D eigenvalue weighted by molar-refractivity contribution is 5.78. The molecular formula is C18H22N6O3. The number of nitrogens with one attached hydrogen (secondary N) is 1. The molecule has 0 unspecified atom stereocenters. The van der Waals surface area contributed by atoms with Gasteiger partial charge < -0.3 is 15.0 Å². The second-order valence-corrected chi connectivity index (χ2v) is 6.56. The summed E-state index contributed by atoms with van der Waals surface area (Å²) in [6.45, 7) is 5.25. The van der Waals surface area contributed by atoms with Gasteiger partial charge in [0.25, 0.3) is 0 Å². The van der Waals surface area contributed by atoms with E-state index in [1.54, 1.807) is 0 Å². The molecule has 2 aromatic rings. The van der Waals surface area contributed by atoms with E-state index in [9.17, 15) is 10.1 Å². The minimum absolute atomic E-state index is 0.0730. The van der Waals surface area contributed by atoms with Crippen LogP contribution in [0.1, 0.15) is 5.56 Å². The first-order valence-electron chi connectivity index (χ1n) is 9.13. The number of rotatable bonds is 6. The number of hydrogen-bond donors (Lipinski definition) is 1. The highest BCUT2D eigenvalue weighted by Gasteiger charge is 2.31. The molecule has 2 aliphatic heterocycles. The molecule has 3 heterocycles. The molecule has 9 heteroatoms. The van der Waals surface area contributed by atoms with Crippen LogP contribution in [-0.2, 0) is 11.2 Å². The van der Waals surface area contributed by atoms with Gasteiger partial charge in [0, 0.05) is 38.4 Å². The number of para-hydroxylation sites is 1. The maximum absolute atomic E-state index is 11.8. The summed E-state index contributed by atoms with van der Waals surface area (Å²) >= 11 is 0. The molecule has 27 heavy (non-hydrogen) atoms. The lowest BCUT2D eigenvalue weighted by Crippen LogP contribution is -2.39. The van der Waals surface area contributed by atoms with Gasteiger partial charge in [0.1, 0.15) is 6.33 Å². The Hall–Kier alpha value is -2.78. The minimum Gasteiger partial charge on any atom is -0.379 e. The zero-order valence-corrected chi connectivity index (χ0v) is 15.0. The quantitative estimate of drug-likeness (QED) is 0.608. The molecule has 2 aliphatic rings. The fourth-order valence-corrected chi connectivity index (χ4v) is 3.58. The molecule has 4 rings (SSSR count). The zero-order valence-electron chi connectivity index (χ0n) is 15.0. The molecule has 1 N–H and O–H groups in total. The Morgan fingerprint density at radius 1 is 1.19 bits per heavy atom. The predicted molar refractivity (Wildman–Crippen MR) is 102 cm³/mol. The van der Waals surface area contributed by atoms with Crippen LogP contribution in [0.3, 0.4) is 0 Å². The van der Waals surface area contributed by atoms with Crippen molar-refractivity contribution in [1.82, 2.24) is 14.9 Å². The Morgan fingerprint density at radius 2 is 2.00 bits per heavy atom. The average Bonchev–Trinajstić information content (AvgIpc) is 3.12. The zero-order chi connectivity index (χ0) is 18.6. The molecule has 0 bridgehead atoms. The van der Waals surface area contributed by atoms with Crippen molar-refractivity contribution < 1.29 is 9.66 Å². The van der Waals surface area contributed by atoms with Gasteiger partial charge in [0.05, 0.1) is 18.1 Å². The van der Waals surface area contributed by atoms with Gasteiger partial charge in [-0.1, -0.05) is 18.2 Å². The summed E-state index contributed by atoms with van der Waals surface area (Å²) in [6, 6.07) is 7.94. The normalized spacial score (nSPS) is 17.0. The first-order chi connectivity index (χ1) is 13.2. The van der Waals surface area contributed by atoms with E-state index in [-0.39, 0.29) is 11.5 Å². The summed E-state index contributed by atoms with van der Waals surface area (Å²) in [7, 11) is 0. The molecule has 1 aromatic heterocycles. The van der Waals surface area contributed by atoms with Crippen LogP contribution in [-0.4, -0.2) is 65.7 Å². The van der Waals surface area contributed by atoms with Gasteiger partial charge in [0.2, 0.25) is 11.6 Å². The van der Waals surface area contributed by atoms with E-state index in [1.165, 1.54) is 11.9 Å². The van der Waals surface area contributed by atoms with Gasteiger partial charge in [-0.15, -0.1) is 0 Å². The van der Waals surface area contributed by atoms with Crippen LogP contribution < -0.4 is 10.2 Å². The van der Waals surface area contributed by atoms with Gasteiger partial charge in [-0.05, 0) is 18.1 Å². The number of fused-ring (bicyclic) bond motifs is 1. The molecule has 1 saturated heterocycles. The van der Waals surface area contributed by atoms with Crippen LogP contribution >= 0.6 is 0 Å². The molecule has 0 radical (unpaired) electrons. The summed E-state index contributed by atoms with van der Waals surface area (Å²) in [5.74, 6) is 0.608. The van der Waals surface area contributed by atoms with Crippen molar-refractivity contribution in [1.29, 1.82) is 0 Å². The van der Waals surface area contributed by atoms with Gasteiger partial charge in [-0.25, -0.2) is 9.97 Å². The van der Waals surface area contributed by atoms with Crippen LogP contribution in [0.4, 0.5) is 23.0 Å². The first-order valence-corrected chi connectivity index (χ1v) is 9.13. The smallest absolute Gasteiger partial charge is 0.353 e. The van der Waals surface area contributed by atoms with Crippen molar-refractivity contribution in [3.8, 4) is 0 Å². The van der Waals surface area contributed by atoms with Crippen molar-refractivity contribution in [2.75, 3.05) is 56.2 Å². The standard InChI is InChI=1S/C18H22N6O3/c25-24(26)16-17(19-6-8-22-9-11-27-12-10-22)20-13-21-18(16)23-7-5-14-3-1-2-4-15(14)23/h1-4,13H,5-12H2,(H,19,20,21). The number of benzene rings is 1. The number of aromatic nitrogens is 2. The number of nitro groups is 1. The lowest BCUT2D eigenvalue weighted by molar-refractivity contribution is -0.383. The predicted octanol–water partition coefficient (Wildman–Crippen LogP) is 1.82. The van der Waals surface area contributed by atoms with E-state index in [2.05, 4.69) is 20.2 Å². The van der Waals surface area contributed by atoms with Gasteiger partial charge in [-0.3, -0.25) is 15.0 Å². The highest BCUT2D eigenvalue weighted by Crippen LogP contribution is 2.39. The summed E-state index contributed by atoms with van der Waals surface area (Å²) in [5.41, 5.74) is 2.07. The summed E-state index contributed by atoms with van der Waals surface area (Å²) in [6.07, 6.45) is 2.23. The molecule has 1 fully saturated rings. The molecular weight excluding hydrogens is 348 g/mol. The van der Waals surface area contributed by atoms with Crippen LogP contribution in [0.5, 0.6) is 0 Å². The van der Waals surface area contributed by atoms with Gasteiger partial charge >= 0.3 is 5.69 Å². The maximum atomic E-state index is 11.8. The minimum atomic E-state index is -0.396. The molecule has 0 spiro atoms. The third-order valence-electron chi connectivity index (χ3n) is 4.95. The molecule has 9 nitrogen and oxygen atoms in total. The average molecular weight is 370 g/mol. The van der Waals surface area contributed by atoms with Gasteiger partial charge in [-0.2, -0.15) is 0 Å². The SMILES string of the molecule is O=[N+]([O-])c1c(NCCN2CCOCC2)ncnc1N1CCc2ccccc21. The van der Waals surface area contributed by atoms with Crippen LogP contribution in [0.15, 0.2) is 30.6 Å². The van der Waals surface area contributed by atoms with E-state index in [4.69, 9.17) is 4.74 Å². The van der Waals surface area contributed by atoms with E-state index in [0.717, 1.165) is 45.0 Å². The van der Waals surface area contributed by atoms with Crippen molar-refractivity contribution in [2.24, 2.45) is 0 Å². The molecule has 0 amide bonds. The van der Waals surface area contributed by atoms with E-state index in [1.807, 2.05) is 29.2 Å². The highest BCUT2D eigenvalue weighted by atomic mass is 16.6. The number of hydrogen-bond acceptors (Lipinski definition) is 8. The molecule has 0 atom stereocenters. The van der Waals surface area contributed by atoms with E-state index >= 15 is 0 Å². The third-order valence-corrected chi connectivity index (χ3v) is 4.95. The largest absolute Gasteiger partial charge is 0.379 e. The summed E-state index contributed by atoms with van der Waals surface area (Å²) < 4.78 is 5.34. The van der Waals surface area contributed by atoms with Crippen LogP contribution in [0, 0.1) is 10.1 Å². The van der Waals surface area contributed by atoms with Crippen molar-refractivity contribution >= 4 is 23.0 Å². The fourth-order valence-electron chi connectivity index (χ4n) is 3.58. The third kappa shape index (κ3) is 3.69. The maximum Gasteiger partial charge on any atom is 0.353 e. The summed E-state index contributed by atoms with van der Waals surface area (Å²) in [4.78, 5) is 24.0. The number of nitrogens with zero attached hydrogens (tertiary/aromatic N) is 5. The van der Waals surface area contributed by atoms with E-state index in [0.29, 0.717) is 18.9 Å². The van der Waals surface area contributed by atoms with Crippen LogP contribution in [0.25, 0.3) is 0 Å². The monoisotopic (exact) mass is 370 g/mol. The number of morpholine rings is 1.